The molecule has 37 heavy (non-hydrogen) atoms. The number of allylic oxidation sites excluding steroid dienone is 1. The number of phenols is 1. The summed E-state index contributed by atoms with van der Waals surface area (Å²) in [5.41, 5.74) is 1.80. The average molecular weight is 515 g/mol. The number of amides is 2. The zero-order valence-electron chi connectivity index (χ0n) is 20.9. The molecule has 0 saturated carbocycles. The molecular weight excluding hydrogens is 484 g/mol. The van der Waals surface area contributed by atoms with E-state index < -0.39 is 69.7 Å². The van der Waals surface area contributed by atoms with Crippen molar-refractivity contribution < 1.29 is 39.6 Å². The Kier molecular flexibility index (Phi) is 6.39. The van der Waals surface area contributed by atoms with E-state index in [1.165, 1.54) is 11.0 Å². The van der Waals surface area contributed by atoms with Crippen LogP contribution in [0.4, 0.5) is 5.69 Å². The summed E-state index contributed by atoms with van der Waals surface area (Å²) in [5.74, 6) is -7.61. The van der Waals surface area contributed by atoms with Crippen LogP contribution in [0.5, 0.6) is 5.75 Å². The van der Waals surface area contributed by atoms with Crippen molar-refractivity contribution in [3.63, 3.8) is 0 Å². The highest BCUT2D eigenvalue weighted by Crippen LogP contribution is 2.52. The van der Waals surface area contributed by atoms with Gasteiger partial charge in [0, 0.05) is 11.5 Å². The van der Waals surface area contributed by atoms with Crippen molar-refractivity contribution in [2.45, 2.75) is 24.5 Å². The number of likely N-dealkylation sites (N-methyl/N-ethyl adjacent to an activating group) is 2. The van der Waals surface area contributed by atoms with Gasteiger partial charge in [-0.15, -0.1) is 0 Å². The molecule has 1 aromatic carbocycles. The fraction of sp³-hybridized carbons (Fsp3) is 0.440. The number of hydrogen-bond acceptors (Lipinski definition) is 10. The number of benzene rings is 1. The highest BCUT2D eigenvalue weighted by Gasteiger charge is 2.63. The number of ketones is 2. The van der Waals surface area contributed by atoms with Crippen LogP contribution in [0.1, 0.15) is 22.3 Å². The van der Waals surface area contributed by atoms with E-state index in [0.717, 1.165) is 0 Å². The Morgan fingerprint density at radius 2 is 1.78 bits per heavy atom. The number of nitrogens with two attached hydrogens (primary N) is 1. The number of aliphatic hydroxyl groups excluding tert-OH is 2. The summed E-state index contributed by atoms with van der Waals surface area (Å²) in [7, 11) is 6.52. The molecule has 3 aliphatic carbocycles. The van der Waals surface area contributed by atoms with Crippen LogP contribution in [0.25, 0.3) is 0 Å². The number of rotatable bonds is 5. The van der Waals surface area contributed by atoms with Crippen LogP contribution >= 0.6 is 0 Å². The molecule has 1 aromatic rings. The number of phenolic OH excluding ortho intramolecular Hbond substituents is 1. The number of aliphatic hydroxyl groups is 3. The van der Waals surface area contributed by atoms with Crippen LogP contribution in [0.15, 0.2) is 34.8 Å². The monoisotopic (exact) mass is 514 g/mol. The van der Waals surface area contributed by atoms with Crippen LogP contribution < -0.4 is 11.1 Å². The van der Waals surface area contributed by atoms with Crippen molar-refractivity contribution in [3.05, 3.63) is 45.9 Å². The number of Topliss-reactive ketones (excluding diaryl/α,β-unsaturated/α-hetero) is 2. The van der Waals surface area contributed by atoms with Crippen LogP contribution in [0, 0.1) is 11.8 Å². The van der Waals surface area contributed by atoms with Gasteiger partial charge in [0.1, 0.15) is 17.1 Å². The molecule has 0 spiro atoms. The van der Waals surface area contributed by atoms with Crippen molar-refractivity contribution in [1.82, 2.24) is 9.80 Å². The third kappa shape index (κ3) is 3.88. The Morgan fingerprint density at radius 1 is 1.14 bits per heavy atom. The van der Waals surface area contributed by atoms with E-state index in [1.807, 2.05) is 0 Å². The fourth-order valence-electron chi connectivity index (χ4n) is 5.80. The second-order valence-corrected chi connectivity index (χ2v) is 10.2. The zero-order valence-corrected chi connectivity index (χ0v) is 20.9. The van der Waals surface area contributed by atoms with E-state index in [0.29, 0.717) is 5.56 Å². The van der Waals surface area contributed by atoms with Gasteiger partial charge >= 0.3 is 0 Å². The van der Waals surface area contributed by atoms with Crippen molar-refractivity contribution in [2.75, 3.05) is 40.1 Å². The highest BCUT2D eigenvalue weighted by atomic mass is 16.3. The predicted octanol–water partition coefficient (Wildman–Crippen LogP) is -0.379. The third-order valence-electron chi connectivity index (χ3n) is 7.33. The molecule has 198 valence electrons. The second-order valence-electron chi connectivity index (χ2n) is 10.2. The first-order valence-corrected chi connectivity index (χ1v) is 11.7. The first-order chi connectivity index (χ1) is 17.2. The van der Waals surface area contributed by atoms with E-state index in [4.69, 9.17) is 5.73 Å². The normalized spacial score (nSPS) is 27.3. The summed E-state index contributed by atoms with van der Waals surface area (Å²) in [4.78, 5) is 54.3. The van der Waals surface area contributed by atoms with E-state index in [1.54, 1.807) is 39.2 Å². The molecule has 0 aliphatic heterocycles. The maximum absolute atomic E-state index is 13.6. The first kappa shape index (κ1) is 26.3. The van der Waals surface area contributed by atoms with Crippen molar-refractivity contribution in [3.8, 4) is 5.75 Å². The van der Waals surface area contributed by atoms with Gasteiger partial charge in [-0.2, -0.15) is 0 Å². The zero-order chi connectivity index (χ0) is 27.6. The molecule has 7 N–H and O–H groups in total. The molecule has 3 unspecified atom stereocenters. The average Bonchev–Trinajstić information content (AvgIpc) is 2.77. The van der Waals surface area contributed by atoms with E-state index in [2.05, 4.69) is 5.32 Å². The number of aromatic hydroxyl groups is 1. The molecule has 0 aromatic heterocycles. The number of hydrogen-bond donors (Lipinski definition) is 6. The van der Waals surface area contributed by atoms with Gasteiger partial charge in [-0.05, 0) is 58.6 Å². The predicted molar refractivity (Wildman–Crippen MR) is 131 cm³/mol. The van der Waals surface area contributed by atoms with E-state index >= 15 is 0 Å². The molecule has 3 aliphatic rings. The third-order valence-corrected chi connectivity index (χ3v) is 7.33. The Hall–Kier alpha value is -3.74. The first-order valence-electron chi connectivity index (χ1n) is 11.7. The van der Waals surface area contributed by atoms with Crippen molar-refractivity contribution in [2.24, 2.45) is 17.6 Å². The number of nitrogens with one attached hydrogen (secondary N) is 1. The number of anilines is 1. The lowest BCUT2D eigenvalue weighted by Crippen LogP contribution is -2.63. The van der Waals surface area contributed by atoms with Crippen molar-refractivity contribution in [1.29, 1.82) is 0 Å². The summed E-state index contributed by atoms with van der Waals surface area (Å²) < 4.78 is 0. The van der Waals surface area contributed by atoms with Crippen LogP contribution in [0.2, 0.25) is 0 Å². The highest BCUT2D eigenvalue weighted by molar-refractivity contribution is 6.25. The minimum Gasteiger partial charge on any atom is -0.510 e. The van der Waals surface area contributed by atoms with Gasteiger partial charge in [0.05, 0.1) is 23.8 Å². The Morgan fingerprint density at radius 3 is 2.35 bits per heavy atom. The SMILES string of the molecule is CN(C)CC(=O)Nc1ccc2c(c1O)C(=O)C1=C(O)C3(O)C(=O)C(C(N)=O)=C(O)[C@@H](N(C)C)C3CC1C2. The lowest BCUT2D eigenvalue weighted by atomic mass is 9.58. The molecule has 0 radical (unpaired) electrons. The van der Waals surface area contributed by atoms with Gasteiger partial charge < -0.3 is 36.4 Å². The molecule has 12 nitrogen and oxygen atoms in total. The summed E-state index contributed by atoms with van der Waals surface area (Å²) in [5, 5.41) is 47.1. The maximum Gasteiger partial charge on any atom is 0.255 e. The molecule has 2 amide bonds. The summed E-state index contributed by atoms with van der Waals surface area (Å²) in [6.45, 7) is 0.0324. The van der Waals surface area contributed by atoms with Gasteiger partial charge in [0.15, 0.2) is 17.1 Å². The number of primary amides is 1. The molecule has 0 fully saturated rings. The van der Waals surface area contributed by atoms with Gasteiger partial charge in [-0.25, -0.2) is 0 Å². The minimum absolute atomic E-state index is 0.00447. The smallest absolute Gasteiger partial charge is 0.255 e. The largest absolute Gasteiger partial charge is 0.510 e. The second kappa shape index (κ2) is 8.98. The van der Waals surface area contributed by atoms with Crippen molar-refractivity contribution >= 4 is 29.1 Å². The van der Waals surface area contributed by atoms with Gasteiger partial charge in [0.2, 0.25) is 11.7 Å². The standard InChI is InChI=1S/C25H30N4O8/c1-28(2)9-14(30)27-13-6-5-10-7-11-8-12-18(29(3)4)21(33)17(24(26)36)23(35)25(12,37)22(34)16(11)20(32)15(10)19(13)31/h5-6,11-12,18,31,33-34,37H,7-9H2,1-4H3,(H2,26,36)(H,27,30)/t11?,12?,18-,25?/m0/s1. The summed E-state index contributed by atoms with van der Waals surface area (Å²) in [6, 6.07) is 2.02. The molecule has 4 atom stereocenters. The molecule has 0 heterocycles. The van der Waals surface area contributed by atoms with Gasteiger partial charge in [-0.1, -0.05) is 6.07 Å². The molecular formula is C25H30N4O8. The van der Waals surface area contributed by atoms with Gasteiger partial charge in [0.25, 0.3) is 5.91 Å². The fourth-order valence-corrected chi connectivity index (χ4v) is 5.80. The molecule has 4 rings (SSSR count). The summed E-state index contributed by atoms with van der Waals surface area (Å²) >= 11 is 0. The molecule has 0 saturated heterocycles. The lowest BCUT2D eigenvalue weighted by Gasteiger charge is -2.50. The van der Waals surface area contributed by atoms with E-state index in [-0.39, 0.29) is 36.2 Å². The van der Waals surface area contributed by atoms with Crippen LogP contribution in [-0.2, 0) is 20.8 Å². The van der Waals surface area contributed by atoms with Gasteiger partial charge in [-0.3, -0.25) is 24.1 Å². The lowest BCUT2D eigenvalue weighted by molar-refractivity contribution is -0.148. The Bertz CT molecular complexity index is 1300. The molecule has 0 bridgehead atoms. The molecule has 12 heteroatoms. The Labute approximate surface area is 212 Å². The topological polar surface area (TPSA) is 194 Å². The quantitative estimate of drug-likeness (QED) is 0.223. The minimum atomic E-state index is -2.70. The maximum atomic E-state index is 13.6. The number of carbonyl (C=O) groups is 4. The number of fused-ring (bicyclic) bond motifs is 3. The van der Waals surface area contributed by atoms with Crippen LogP contribution in [0.3, 0.4) is 0 Å². The van der Waals surface area contributed by atoms with E-state index in [9.17, 15) is 39.6 Å². The number of nitrogens with zero attached hydrogens (tertiary/aromatic N) is 2. The number of carbonyl (C=O) groups excluding carboxylic acids is 4. The Balaban J connectivity index is 1.84. The summed E-state index contributed by atoms with van der Waals surface area (Å²) in [6.07, 6.45) is 0.182. The van der Waals surface area contributed by atoms with Crippen LogP contribution in [-0.4, -0.2) is 100.0 Å².